The summed E-state index contributed by atoms with van der Waals surface area (Å²) in [4.78, 5) is 4.82. The molecule has 0 saturated carbocycles. The van der Waals surface area contributed by atoms with Crippen LogP contribution in [0.25, 0.3) is 16.7 Å². The van der Waals surface area contributed by atoms with E-state index in [2.05, 4.69) is 45.9 Å². The second-order valence-electron chi connectivity index (χ2n) is 17.9. The number of fused-ring (bicyclic) bond motifs is 3. The van der Waals surface area contributed by atoms with Crippen LogP contribution in [0.2, 0.25) is 0 Å². The lowest BCUT2D eigenvalue weighted by atomic mass is 10.1. The van der Waals surface area contributed by atoms with Crippen LogP contribution in [0.1, 0.15) is 47.1 Å². The fraction of sp³-hybridized carbons (Fsp3) is 0.280. The first kappa shape index (κ1) is 62.3. The molecule has 0 amide bonds. The van der Waals surface area contributed by atoms with Gasteiger partial charge in [-0.1, -0.05) is 18.2 Å². The van der Waals surface area contributed by atoms with E-state index in [1.807, 2.05) is 31.2 Å². The van der Waals surface area contributed by atoms with Crippen LogP contribution in [0.4, 0.5) is 45.5 Å². The Morgan fingerprint density at radius 2 is 1.09 bits per heavy atom. The highest BCUT2D eigenvalue weighted by Gasteiger charge is 2.25. The van der Waals surface area contributed by atoms with E-state index in [1.165, 1.54) is 48.6 Å². The zero-order valence-electron chi connectivity index (χ0n) is 44.1. The molecular weight excluding hydrogens is 1190 g/mol. The van der Waals surface area contributed by atoms with Crippen molar-refractivity contribution >= 4 is 126 Å². The number of hydrogen-bond acceptors (Lipinski definition) is 23. The molecule has 7 aromatic rings. The highest BCUT2D eigenvalue weighted by atomic mass is 32.2. The summed E-state index contributed by atoms with van der Waals surface area (Å²) in [5, 5.41) is 57.7. The molecule has 0 fully saturated rings. The molecule has 82 heavy (non-hydrogen) atoms. The number of pyridine rings is 1. The standard InChI is InChI=1S/C50H51N11O15S6/c1-29-20-39(57-60-48-32(4)34(28-51)49-52-38-26-47(82(72,73)74)44(75-5)27-42(38)61(49)50(48)62)43(76-14-9-17-79(63,64)65)23-35(29)55-58-40-22-31(3)37(25-46(40)78-16-11-19-81(69,70)71)56-59-41-21-30(2)36(54-53-33-12-7-6-8-13-33)24-45(41)77-15-10-18-80(66,67)68/h6-8,12-13,20-27,62H,9-11,14-19H2,1-5H3,(H,63,64,65)(H,66,67,68)(H,69,70,71)(H,72,73,74). The number of rotatable bonds is 25. The number of aryl methyl sites for hydroxylation is 3. The summed E-state index contributed by atoms with van der Waals surface area (Å²) in [5.41, 5.74) is 3.98. The maximum Gasteiger partial charge on any atom is 0.298 e. The van der Waals surface area contributed by atoms with Crippen LogP contribution < -0.4 is 9.47 Å². The van der Waals surface area contributed by atoms with Gasteiger partial charge in [0.25, 0.3) is 40.5 Å². The Labute approximate surface area is 479 Å². The van der Waals surface area contributed by atoms with Crippen LogP contribution in [-0.4, -0.2) is 109 Å². The predicted octanol–water partition coefficient (Wildman–Crippen LogP) is 12.6. The van der Waals surface area contributed by atoms with Crippen LogP contribution in [-0.2, 0) is 40.5 Å². The highest BCUT2D eigenvalue weighted by Crippen LogP contribution is 2.44. The van der Waals surface area contributed by atoms with Gasteiger partial charge in [0.15, 0.2) is 11.3 Å². The molecule has 0 aliphatic carbocycles. The van der Waals surface area contributed by atoms with Gasteiger partial charge in [-0.15, -0.1) is 44.0 Å². The fourth-order valence-electron chi connectivity index (χ4n) is 7.73. The van der Waals surface area contributed by atoms with Crippen molar-refractivity contribution in [2.45, 2.75) is 61.6 Å². The molecule has 7 rings (SSSR count). The number of benzene rings is 5. The lowest BCUT2D eigenvalue weighted by molar-refractivity contribution is 0.317. The van der Waals surface area contributed by atoms with Crippen LogP contribution in [0.5, 0.6) is 17.4 Å². The molecule has 432 valence electrons. The van der Waals surface area contributed by atoms with Gasteiger partial charge < -0.3 is 14.6 Å². The third-order valence-electron chi connectivity index (χ3n) is 11.8. The van der Waals surface area contributed by atoms with Gasteiger partial charge in [0, 0.05) is 27.5 Å². The topological polar surface area (TPSA) is 396 Å². The molecule has 5 aromatic carbocycles. The Kier molecular flexibility index (Phi) is 20.0. The van der Waals surface area contributed by atoms with Gasteiger partial charge in [-0.2, -0.15) is 59.4 Å². The van der Waals surface area contributed by atoms with Crippen molar-refractivity contribution in [3.8, 4) is 23.4 Å². The van der Waals surface area contributed by atoms with E-state index in [1.54, 1.807) is 50.2 Å². The number of nitrogens with zero attached hydrogens (tertiary/aromatic N) is 11. The maximum atomic E-state index is 12.2. The number of thioether (sulfide) groups is 2. The monoisotopic (exact) mass is 1240 g/mol. The first-order valence-corrected chi connectivity index (χ1v) is 32.4. The van der Waals surface area contributed by atoms with Crippen molar-refractivity contribution in [2.24, 2.45) is 40.9 Å². The molecule has 5 N–H and O–H groups in total. The van der Waals surface area contributed by atoms with Gasteiger partial charge in [0.2, 0.25) is 5.88 Å². The van der Waals surface area contributed by atoms with Crippen LogP contribution in [0.3, 0.4) is 0 Å². The number of hydrogen-bond donors (Lipinski definition) is 5. The third kappa shape index (κ3) is 16.4. The smallest absolute Gasteiger partial charge is 0.298 e. The SMILES string of the molecule is COc1cc2c(cc1S(=O)(=O)O)nc1c(C#N)c(C)c(N=Nc3cc(C)c(N=Nc4cc(C)c(N=Nc5cc(C)c(N=Nc6ccccc6)cc5SCCCS(=O)(=O)O)cc4SCCCS(=O)(=O)O)cc3OCCCS(=O)(=O)O)c(O)n12. The predicted molar refractivity (Wildman–Crippen MR) is 307 cm³/mol. The molecule has 0 aliphatic rings. The second-order valence-corrected chi connectivity index (χ2v) is 26.3. The number of aromatic nitrogens is 2. The molecule has 0 spiro atoms. The molecule has 32 heteroatoms. The molecular formula is C50H51N11O15S6. The molecule has 2 heterocycles. The molecule has 0 bridgehead atoms. The van der Waals surface area contributed by atoms with Gasteiger partial charge in [-0.3, -0.25) is 22.6 Å². The summed E-state index contributed by atoms with van der Waals surface area (Å²) in [6.45, 7) is 6.42. The molecule has 0 atom stereocenters. The zero-order valence-corrected chi connectivity index (χ0v) is 49.0. The van der Waals surface area contributed by atoms with Crippen LogP contribution >= 0.6 is 23.5 Å². The normalized spacial score (nSPS) is 12.7. The van der Waals surface area contributed by atoms with Gasteiger partial charge in [-0.05, 0) is 124 Å². The first-order chi connectivity index (χ1) is 38.6. The van der Waals surface area contributed by atoms with Crippen molar-refractivity contribution in [3.63, 3.8) is 0 Å². The van der Waals surface area contributed by atoms with Crippen molar-refractivity contribution in [1.29, 1.82) is 5.26 Å². The van der Waals surface area contributed by atoms with E-state index in [-0.39, 0.29) is 93.7 Å². The summed E-state index contributed by atoms with van der Waals surface area (Å²) in [6.07, 6.45) is 0.0217. The molecule has 0 radical (unpaired) electrons. The molecule has 2 aromatic heterocycles. The molecule has 0 unspecified atom stereocenters. The fourth-order valence-corrected chi connectivity index (χ4v) is 12.2. The maximum absolute atomic E-state index is 12.2. The number of ether oxygens (including phenoxy) is 2. The minimum atomic E-state index is -4.79. The van der Waals surface area contributed by atoms with E-state index in [4.69, 9.17) is 9.47 Å². The largest absolute Gasteiger partial charge is 0.495 e. The van der Waals surface area contributed by atoms with Crippen LogP contribution in [0, 0.1) is 39.0 Å². The highest BCUT2D eigenvalue weighted by molar-refractivity contribution is 7.99. The van der Waals surface area contributed by atoms with Crippen LogP contribution in [0.15, 0.2) is 134 Å². The molecule has 0 aliphatic heterocycles. The van der Waals surface area contributed by atoms with E-state index >= 15 is 0 Å². The van der Waals surface area contributed by atoms with Crippen molar-refractivity contribution in [3.05, 3.63) is 107 Å². The Morgan fingerprint density at radius 1 is 0.598 bits per heavy atom. The Morgan fingerprint density at radius 3 is 1.60 bits per heavy atom. The van der Waals surface area contributed by atoms with E-state index in [0.717, 1.165) is 17.6 Å². The summed E-state index contributed by atoms with van der Waals surface area (Å²) >= 11 is 2.48. The van der Waals surface area contributed by atoms with E-state index < -0.39 is 68.5 Å². The molecule has 0 saturated heterocycles. The van der Waals surface area contributed by atoms with Gasteiger partial charge in [0.05, 0.1) is 76.1 Å². The van der Waals surface area contributed by atoms with E-state index in [0.29, 0.717) is 54.9 Å². The minimum Gasteiger partial charge on any atom is -0.495 e. The van der Waals surface area contributed by atoms with Gasteiger partial charge >= 0.3 is 0 Å². The summed E-state index contributed by atoms with van der Waals surface area (Å²) in [5.74, 6) is -2.00. The average molecular weight is 1240 g/mol. The number of nitriles is 1. The second kappa shape index (κ2) is 26.3. The minimum absolute atomic E-state index is 0.0156. The summed E-state index contributed by atoms with van der Waals surface area (Å²) in [6, 6.07) is 23.1. The molecule has 26 nitrogen and oxygen atoms in total. The van der Waals surface area contributed by atoms with Gasteiger partial charge in [-0.25, -0.2) is 4.98 Å². The van der Waals surface area contributed by atoms with Crippen molar-refractivity contribution in [1.82, 2.24) is 9.38 Å². The summed E-state index contributed by atoms with van der Waals surface area (Å²) in [7, 11) is -16.5. The van der Waals surface area contributed by atoms with Crippen molar-refractivity contribution < 1.29 is 66.5 Å². The average Bonchev–Trinajstić information content (AvgIpc) is 4.04. The number of methoxy groups -OCH3 is 1. The quantitative estimate of drug-likeness (QED) is 0.0154. The first-order valence-electron chi connectivity index (χ1n) is 24.2. The zero-order chi connectivity index (χ0) is 59.7. The van der Waals surface area contributed by atoms with Crippen molar-refractivity contribution in [2.75, 3.05) is 42.5 Å². The Bertz CT molecular complexity index is 4250. The lowest BCUT2D eigenvalue weighted by Crippen LogP contribution is -2.08. The van der Waals surface area contributed by atoms with Gasteiger partial charge in [0.1, 0.15) is 33.7 Å². The number of azo groups is 4. The third-order valence-corrected chi connectivity index (χ3v) is 17.3. The van der Waals surface area contributed by atoms with E-state index in [9.17, 15) is 62.3 Å². The summed E-state index contributed by atoms with van der Waals surface area (Å²) < 4.78 is 144. The Balaban J connectivity index is 1.27. The number of imidazole rings is 1. The lowest BCUT2D eigenvalue weighted by Gasteiger charge is -2.12. The number of aromatic hydroxyl groups is 1. The Hall–Kier alpha value is -7.32.